The summed E-state index contributed by atoms with van der Waals surface area (Å²) in [4.78, 5) is 13.5. The van der Waals surface area contributed by atoms with Crippen LogP contribution in [0.2, 0.25) is 0 Å². The predicted molar refractivity (Wildman–Crippen MR) is 130 cm³/mol. The van der Waals surface area contributed by atoms with Crippen molar-refractivity contribution in [1.29, 1.82) is 5.26 Å². The number of fused-ring (bicyclic) bond motifs is 10. The number of hydrogen-bond acceptors (Lipinski definition) is 5. The normalized spacial score (nSPS) is 16.4. The summed E-state index contributed by atoms with van der Waals surface area (Å²) >= 11 is 0. The second-order valence-electron chi connectivity index (χ2n) is 10.3. The Balaban J connectivity index is 0.00000304. The van der Waals surface area contributed by atoms with Crippen LogP contribution >= 0.6 is 0 Å². The van der Waals surface area contributed by atoms with Gasteiger partial charge in [-0.15, -0.1) is 0 Å². The Hall–Kier alpha value is -3.61. The van der Waals surface area contributed by atoms with E-state index in [1.54, 1.807) is 4.68 Å². The Labute approximate surface area is 225 Å². The van der Waals surface area contributed by atoms with Gasteiger partial charge in [-0.25, -0.2) is 15.0 Å². The first-order valence-corrected chi connectivity index (χ1v) is 11.3. The average Bonchev–Trinajstić information content (AvgIpc) is 3.49. The van der Waals surface area contributed by atoms with Crippen molar-refractivity contribution in [3.8, 4) is 17.7 Å². The van der Waals surface area contributed by atoms with Crippen molar-refractivity contribution in [2.45, 2.75) is 57.8 Å². The maximum atomic E-state index is 9.95. The van der Waals surface area contributed by atoms with Crippen molar-refractivity contribution in [2.75, 3.05) is 0 Å². The molecule has 0 amide bonds. The molecule has 0 aliphatic carbocycles. The molecule has 36 heavy (non-hydrogen) atoms. The zero-order valence-electron chi connectivity index (χ0n) is 20.9. The fourth-order valence-electron chi connectivity index (χ4n) is 4.42. The largest absolute Gasteiger partial charge is 2.00 e. The van der Waals surface area contributed by atoms with E-state index < -0.39 is 16.2 Å². The third kappa shape index (κ3) is 3.60. The minimum Gasteiger partial charge on any atom is -0.342 e. The van der Waals surface area contributed by atoms with Crippen molar-refractivity contribution < 1.29 is 21.1 Å². The van der Waals surface area contributed by atoms with E-state index in [0.29, 0.717) is 22.8 Å². The van der Waals surface area contributed by atoms with Gasteiger partial charge in [0.2, 0.25) is 0 Å². The summed E-state index contributed by atoms with van der Waals surface area (Å²) in [6.07, 6.45) is 6.63. The first kappa shape index (κ1) is 25.5. The van der Waals surface area contributed by atoms with Gasteiger partial charge in [0.15, 0.2) is 0 Å². The molecule has 0 atom stereocenters. The Morgan fingerprint density at radius 3 is 1.86 bits per heavy atom. The quantitative estimate of drug-likeness (QED) is 0.255. The van der Waals surface area contributed by atoms with E-state index in [2.05, 4.69) is 47.4 Å². The second kappa shape index (κ2) is 8.50. The minimum absolute atomic E-state index is 0. The molecule has 0 fully saturated rings. The molecule has 0 spiro atoms. The van der Waals surface area contributed by atoms with Gasteiger partial charge in [0, 0.05) is 16.8 Å². The molecule has 0 radical (unpaired) electrons. The number of nitrogens with zero attached hydrogens (tertiary/aromatic N) is 8. The first-order valence-electron chi connectivity index (χ1n) is 11.3. The Bertz CT molecular complexity index is 1440. The van der Waals surface area contributed by atoms with E-state index in [0.717, 1.165) is 11.4 Å². The summed E-state index contributed by atoms with van der Waals surface area (Å²) in [6, 6.07) is 13.7. The molecular weight excluding hydrogens is 631 g/mol. The zero-order chi connectivity index (χ0) is 25.2. The SMILES string of the molecule is [C-]#[N+]c1nn2[c-]c1C(C)(C)C(C)(C)c1[c-]n(nc1C#N)-c1cccc(n1)C(C)(C)c1cccc-2n1.[Pt+2]. The van der Waals surface area contributed by atoms with Gasteiger partial charge >= 0.3 is 26.9 Å². The molecular formula is C27H24N8Pt. The van der Waals surface area contributed by atoms with Crippen LogP contribution in [0.4, 0.5) is 5.82 Å². The van der Waals surface area contributed by atoms with Gasteiger partial charge in [-0.1, -0.05) is 70.3 Å². The smallest absolute Gasteiger partial charge is 0.342 e. The van der Waals surface area contributed by atoms with Crippen molar-refractivity contribution in [1.82, 2.24) is 29.5 Å². The molecule has 4 aromatic rings. The monoisotopic (exact) mass is 655 g/mol. The van der Waals surface area contributed by atoms with Gasteiger partial charge in [-0.2, -0.15) is 0 Å². The summed E-state index contributed by atoms with van der Waals surface area (Å²) in [5, 5.41) is 19.0. The zero-order valence-corrected chi connectivity index (χ0v) is 23.1. The summed E-state index contributed by atoms with van der Waals surface area (Å²) in [7, 11) is 0. The fourth-order valence-corrected chi connectivity index (χ4v) is 4.42. The second-order valence-corrected chi connectivity index (χ2v) is 10.3. The van der Waals surface area contributed by atoms with Gasteiger partial charge in [0.1, 0.15) is 0 Å². The van der Waals surface area contributed by atoms with Crippen molar-refractivity contribution in [3.05, 3.63) is 88.4 Å². The molecule has 9 heteroatoms. The maximum Gasteiger partial charge on any atom is 2.00 e. The first-order chi connectivity index (χ1) is 16.5. The van der Waals surface area contributed by atoms with Crippen LogP contribution in [0.3, 0.4) is 0 Å². The van der Waals surface area contributed by atoms with E-state index in [4.69, 9.17) is 16.5 Å². The molecule has 0 N–H and O–H groups in total. The van der Waals surface area contributed by atoms with Crippen LogP contribution < -0.4 is 0 Å². The molecule has 8 nitrogen and oxygen atoms in total. The number of rotatable bonds is 0. The van der Waals surface area contributed by atoms with E-state index >= 15 is 0 Å². The summed E-state index contributed by atoms with van der Waals surface area (Å²) in [6.45, 7) is 20.0. The summed E-state index contributed by atoms with van der Waals surface area (Å²) in [5.41, 5.74) is 1.28. The third-order valence-corrected chi connectivity index (χ3v) is 7.50. The molecule has 0 saturated heterocycles. The van der Waals surface area contributed by atoms with Gasteiger partial charge in [0.05, 0.1) is 23.4 Å². The van der Waals surface area contributed by atoms with Crippen LogP contribution in [0.1, 0.15) is 69.8 Å². The summed E-state index contributed by atoms with van der Waals surface area (Å²) < 4.78 is 3.08. The van der Waals surface area contributed by atoms with E-state index in [1.807, 2.05) is 64.1 Å². The van der Waals surface area contributed by atoms with Crippen molar-refractivity contribution >= 4 is 5.82 Å². The van der Waals surface area contributed by atoms with Crippen LogP contribution in [-0.4, -0.2) is 29.5 Å². The van der Waals surface area contributed by atoms with E-state index in [-0.39, 0.29) is 32.6 Å². The minimum atomic E-state index is -0.660. The fraction of sp³-hybridized carbons (Fsp3) is 0.333. The van der Waals surface area contributed by atoms with Crippen molar-refractivity contribution in [3.63, 3.8) is 0 Å². The van der Waals surface area contributed by atoms with E-state index in [1.165, 1.54) is 4.68 Å². The topological polar surface area (TPSA) is 89.6 Å². The predicted octanol–water partition coefficient (Wildman–Crippen LogP) is 4.76. The molecule has 1 aliphatic heterocycles. The number of pyridine rings is 2. The standard InChI is InChI=1S/C27H24N8.Pt/c1-25(2)20-10-8-12-22(30-20)34-15-17(19(14-28)32-34)26(3,4)27(5,6)18-16-35(33-24(18)29-7)23-13-9-11-21(25)31-23;/h8-13H,1-6H3;/q-2;+2. The molecule has 5 heterocycles. The molecule has 4 aromatic heterocycles. The van der Waals surface area contributed by atoms with Gasteiger partial charge in [0.25, 0.3) is 0 Å². The molecule has 5 rings (SSSR count). The Kier molecular flexibility index (Phi) is 6.02. The number of nitriles is 1. The van der Waals surface area contributed by atoms with Gasteiger partial charge in [-0.05, 0) is 53.7 Å². The molecule has 0 unspecified atom stereocenters. The molecule has 0 aromatic carbocycles. The third-order valence-electron chi connectivity index (χ3n) is 7.50. The molecule has 182 valence electrons. The number of aromatic nitrogens is 6. The molecule has 8 bridgehead atoms. The van der Waals surface area contributed by atoms with Crippen LogP contribution in [-0.2, 0) is 37.3 Å². The van der Waals surface area contributed by atoms with Gasteiger partial charge < -0.3 is 9.53 Å². The van der Waals surface area contributed by atoms with Crippen molar-refractivity contribution in [2.24, 2.45) is 0 Å². The number of hydrogen-bond donors (Lipinski definition) is 0. The van der Waals surface area contributed by atoms with Crippen LogP contribution in [0.25, 0.3) is 16.5 Å². The Morgan fingerprint density at radius 1 is 0.833 bits per heavy atom. The summed E-state index contributed by atoms with van der Waals surface area (Å²) in [5.74, 6) is 1.39. The van der Waals surface area contributed by atoms with Crippen LogP contribution in [0.5, 0.6) is 0 Å². The molecule has 0 saturated carbocycles. The van der Waals surface area contributed by atoms with E-state index in [9.17, 15) is 5.26 Å². The maximum absolute atomic E-state index is 9.95. The van der Waals surface area contributed by atoms with Crippen LogP contribution in [0.15, 0.2) is 36.4 Å². The average molecular weight is 656 g/mol. The Morgan fingerprint density at radius 2 is 1.33 bits per heavy atom. The molecule has 1 aliphatic rings. The van der Waals surface area contributed by atoms with Gasteiger partial charge in [-0.3, -0.25) is 9.97 Å². The van der Waals surface area contributed by atoms with Crippen LogP contribution in [0, 0.1) is 30.3 Å².